The molecule has 0 saturated carbocycles. The fraction of sp³-hybridized carbons (Fsp3) is 0.150. The quantitative estimate of drug-likeness (QED) is 0.623. The maximum atomic E-state index is 6.44. The zero-order chi connectivity index (χ0) is 16.7. The van der Waals surface area contributed by atoms with Crippen LogP contribution in [0.2, 0.25) is 5.02 Å². The first-order valence-corrected chi connectivity index (χ1v) is 8.09. The Labute approximate surface area is 145 Å². The molecule has 0 aliphatic carbocycles. The number of hydrogen-bond donors (Lipinski definition) is 0. The normalized spacial score (nSPS) is 13.5. The van der Waals surface area contributed by atoms with Gasteiger partial charge in [0.1, 0.15) is 23.6 Å². The molecule has 1 aromatic heterocycles. The van der Waals surface area contributed by atoms with Crippen LogP contribution in [0.1, 0.15) is 16.7 Å². The van der Waals surface area contributed by atoms with E-state index in [1.165, 1.54) is 0 Å². The molecule has 0 saturated heterocycles. The van der Waals surface area contributed by atoms with E-state index in [9.17, 15) is 0 Å². The number of allylic oxidation sites excluding steroid dienone is 1. The summed E-state index contributed by atoms with van der Waals surface area (Å²) in [5, 5.41) is 1.58. The van der Waals surface area contributed by atoms with E-state index in [0.717, 1.165) is 44.7 Å². The van der Waals surface area contributed by atoms with E-state index >= 15 is 0 Å². The minimum absolute atomic E-state index is 0.457. The highest BCUT2D eigenvalue weighted by Crippen LogP contribution is 2.39. The van der Waals surface area contributed by atoms with Crippen molar-refractivity contribution in [2.24, 2.45) is 0 Å². The SMILES string of the molecule is C=C1Cc2cc(Cl)c3cccnc3c2OCc2ccc(OC)cc21. The predicted octanol–water partition coefficient (Wildman–Crippen LogP) is 5.05. The smallest absolute Gasteiger partial charge is 0.149 e. The molecule has 1 aliphatic rings. The average Bonchev–Trinajstić information content (AvgIpc) is 2.60. The van der Waals surface area contributed by atoms with Crippen LogP contribution in [0.25, 0.3) is 16.5 Å². The van der Waals surface area contributed by atoms with Crippen molar-refractivity contribution in [2.75, 3.05) is 7.11 Å². The minimum Gasteiger partial charge on any atom is -0.497 e. The van der Waals surface area contributed by atoms with Gasteiger partial charge in [-0.3, -0.25) is 4.98 Å². The van der Waals surface area contributed by atoms with Crippen molar-refractivity contribution < 1.29 is 9.47 Å². The lowest BCUT2D eigenvalue weighted by Crippen LogP contribution is -2.08. The Kier molecular flexibility index (Phi) is 3.66. The van der Waals surface area contributed by atoms with Crippen molar-refractivity contribution in [2.45, 2.75) is 13.0 Å². The van der Waals surface area contributed by atoms with Crippen LogP contribution in [0.15, 0.2) is 49.2 Å². The van der Waals surface area contributed by atoms with Gasteiger partial charge in [-0.15, -0.1) is 0 Å². The van der Waals surface area contributed by atoms with Gasteiger partial charge in [-0.1, -0.05) is 24.2 Å². The van der Waals surface area contributed by atoms with Gasteiger partial charge in [0, 0.05) is 23.6 Å². The van der Waals surface area contributed by atoms with Crippen molar-refractivity contribution in [3.8, 4) is 11.5 Å². The molecule has 0 N–H and O–H groups in total. The van der Waals surface area contributed by atoms with Gasteiger partial charge in [-0.05, 0) is 47.0 Å². The molecule has 0 amide bonds. The molecule has 2 aromatic carbocycles. The van der Waals surface area contributed by atoms with E-state index in [1.807, 2.05) is 36.4 Å². The number of pyridine rings is 1. The highest BCUT2D eigenvalue weighted by Gasteiger charge is 2.20. The summed E-state index contributed by atoms with van der Waals surface area (Å²) in [6.45, 7) is 4.72. The molecular weight excluding hydrogens is 322 g/mol. The second-order valence-electron chi connectivity index (χ2n) is 5.84. The fourth-order valence-corrected chi connectivity index (χ4v) is 3.42. The molecule has 0 bridgehead atoms. The number of benzene rings is 2. The molecule has 24 heavy (non-hydrogen) atoms. The van der Waals surface area contributed by atoms with Crippen LogP contribution in [0, 0.1) is 0 Å². The Hall–Kier alpha value is -2.52. The van der Waals surface area contributed by atoms with E-state index in [0.29, 0.717) is 18.1 Å². The van der Waals surface area contributed by atoms with Crippen molar-refractivity contribution in [3.63, 3.8) is 0 Å². The lowest BCUT2D eigenvalue weighted by molar-refractivity contribution is 0.305. The number of hydrogen-bond acceptors (Lipinski definition) is 3. The zero-order valence-corrected chi connectivity index (χ0v) is 14.1. The number of rotatable bonds is 1. The van der Waals surface area contributed by atoms with Gasteiger partial charge in [-0.25, -0.2) is 0 Å². The summed E-state index contributed by atoms with van der Waals surface area (Å²) in [6, 6.07) is 11.8. The van der Waals surface area contributed by atoms with Gasteiger partial charge in [0.25, 0.3) is 0 Å². The van der Waals surface area contributed by atoms with Gasteiger partial charge in [0.05, 0.1) is 12.1 Å². The Morgan fingerprint density at radius 3 is 2.92 bits per heavy atom. The number of methoxy groups -OCH3 is 1. The third kappa shape index (κ3) is 2.42. The van der Waals surface area contributed by atoms with E-state index in [1.54, 1.807) is 13.3 Å². The molecule has 3 aromatic rings. The Bertz CT molecular complexity index is 965. The van der Waals surface area contributed by atoms with Gasteiger partial charge in [0.2, 0.25) is 0 Å². The van der Waals surface area contributed by atoms with E-state index < -0.39 is 0 Å². The maximum absolute atomic E-state index is 6.44. The van der Waals surface area contributed by atoms with Crippen molar-refractivity contribution >= 4 is 28.1 Å². The second kappa shape index (κ2) is 5.84. The molecule has 120 valence electrons. The third-order valence-corrected chi connectivity index (χ3v) is 4.66. The highest BCUT2D eigenvalue weighted by molar-refractivity contribution is 6.35. The summed E-state index contributed by atoms with van der Waals surface area (Å²) >= 11 is 6.44. The van der Waals surface area contributed by atoms with Crippen LogP contribution in [0.4, 0.5) is 0 Å². The van der Waals surface area contributed by atoms with Crippen LogP contribution in [0.3, 0.4) is 0 Å². The standard InChI is InChI=1S/C20H16ClNO2/c1-12-8-14-9-18(21)16-4-3-7-22-19(16)20(14)24-11-13-5-6-15(23-2)10-17(12)13/h3-7,9-10H,1,8,11H2,2H3. The van der Waals surface area contributed by atoms with E-state index in [4.69, 9.17) is 21.1 Å². The molecule has 0 atom stereocenters. The van der Waals surface area contributed by atoms with Gasteiger partial charge in [-0.2, -0.15) is 0 Å². The third-order valence-electron chi connectivity index (χ3n) is 4.35. The largest absolute Gasteiger partial charge is 0.497 e. The molecule has 0 radical (unpaired) electrons. The molecule has 0 spiro atoms. The number of ether oxygens (including phenoxy) is 2. The van der Waals surface area contributed by atoms with Crippen molar-refractivity contribution in [3.05, 3.63) is 70.9 Å². The van der Waals surface area contributed by atoms with Gasteiger partial charge in [0.15, 0.2) is 0 Å². The number of nitrogens with zero attached hydrogens (tertiary/aromatic N) is 1. The molecule has 4 rings (SSSR count). The molecule has 3 nitrogen and oxygen atoms in total. The number of halogens is 1. The second-order valence-corrected chi connectivity index (χ2v) is 6.25. The van der Waals surface area contributed by atoms with Crippen LogP contribution >= 0.6 is 11.6 Å². The molecular formula is C20H16ClNO2. The minimum atomic E-state index is 0.457. The van der Waals surface area contributed by atoms with E-state index in [2.05, 4.69) is 11.6 Å². The first-order chi connectivity index (χ1) is 11.7. The summed E-state index contributed by atoms with van der Waals surface area (Å²) in [5.41, 5.74) is 4.97. The number of fused-ring (bicyclic) bond motifs is 4. The summed E-state index contributed by atoms with van der Waals surface area (Å²) in [6.07, 6.45) is 2.41. The maximum Gasteiger partial charge on any atom is 0.149 e. The Morgan fingerprint density at radius 2 is 2.08 bits per heavy atom. The van der Waals surface area contributed by atoms with Crippen molar-refractivity contribution in [1.29, 1.82) is 0 Å². The summed E-state index contributed by atoms with van der Waals surface area (Å²) in [5.74, 6) is 1.60. The first-order valence-electron chi connectivity index (χ1n) is 7.71. The van der Waals surface area contributed by atoms with E-state index in [-0.39, 0.29) is 0 Å². The van der Waals surface area contributed by atoms with Crippen LogP contribution in [-0.4, -0.2) is 12.1 Å². The van der Waals surface area contributed by atoms with Gasteiger partial charge < -0.3 is 9.47 Å². The summed E-state index contributed by atoms with van der Waals surface area (Å²) in [4.78, 5) is 4.48. The van der Waals surface area contributed by atoms with Gasteiger partial charge >= 0.3 is 0 Å². The lowest BCUT2D eigenvalue weighted by atomic mass is 9.93. The molecule has 1 aliphatic heterocycles. The lowest BCUT2D eigenvalue weighted by Gasteiger charge is -2.21. The molecule has 2 heterocycles. The first kappa shape index (κ1) is 15.0. The number of aromatic nitrogens is 1. The molecule has 4 heteroatoms. The fourth-order valence-electron chi connectivity index (χ4n) is 3.13. The topological polar surface area (TPSA) is 31.4 Å². The van der Waals surface area contributed by atoms with Crippen LogP contribution in [-0.2, 0) is 13.0 Å². The Balaban J connectivity index is 1.87. The highest BCUT2D eigenvalue weighted by atomic mass is 35.5. The zero-order valence-electron chi connectivity index (χ0n) is 13.3. The molecule has 0 unspecified atom stereocenters. The van der Waals surface area contributed by atoms with Crippen LogP contribution < -0.4 is 9.47 Å². The van der Waals surface area contributed by atoms with Crippen LogP contribution in [0.5, 0.6) is 11.5 Å². The summed E-state index contributed by atoms with van der Waals surface area (Å²) < 4.78 is 11.5. The average molecular weight is 338 g/mol. The monoisotopic (exact) mass is 337 g/mol. The summed E-state index contributed by atoms with van der Waals surface area (Å²) in [7, 11) is 1.66. The predicted molar refractivity (Wildman–Crippen MR) is 96.8 cm³/mol. The Morgan fingerprint density at radius 1 is 1.21 bits per heavy atom. The molecule has 0 fully saturated rings. The van der Waals surface area contributed by atoms with Crippen molar-refractivity contribution in [1.82, 2.24) is 4.98 Å².